The third-order valence-corrected chi connectivity index (χ3v) is 2.92. The molecule has 0 radical (unpaired) electrons. The molecule has 1 aliphatic heterocycles. The number of rotatable bonds is 6. The number of para-hydroxylation sites is 1. The fraction of sp³-hybridized carbons (Fsp3) is 0.538. The summed E-state index contributed by atoms with van der Waals surface area (Å²) in [5.74, 6) is 1.01. The van der Waals surface area contributed by atoms with E-state index in [1.165, 1.54) is 5.56 Å². The van der Waals surface area contributed by atoms with E-state index in [9.17, 15) is 0 Å². The quantitative estimate of drug-likeness (QED) is 0.755. The Kier molecular flexibility index (Phi) is 4.36. The average Bonchev–Trinajstić information content (AvgIpc) is 2.77. The zero-order chi connectivity index (χ0) is 12.1. The minimum absolute atomic E-state index is 0.196. The van der Waals surface area contributed by atoms with Gasteiger partial charge in [-0.3, -0.25) is 0 Å². The maximum atomic E-state index is 5.81. The third kappa shape index (κ3) is 3.19. The fourth-order valence-corrected chi connectivity index (χ4v) is 1.99. The number of nitrogens with one attached hydrogen (secondary N) is 1. The van der Waals surface area contributed by atoms with Crippen LogP contribution in [-0.2, 0) is 15.9 Å². The van der Waals surface area contributed by atoms with Crippen LogP contribution in [0.1, 0.15) is 5.56 Å². The Bertz CT molecular complexity index is 327. The average molecular weight is 237 g/mol. The van der Waals surface area contributed by atoms with Crippen LogP contribution in [0.5, 0.6) is 5.75 Å². The van der Waals surface area contributed by atoms with E-state index in [4.69, 9.17) is 14.2 Å². The van der Waals surface area contributed by atoms with E-state index < -0.39 is 0 Å². The Balaban J connectivity index is 1.73. The van der Waals surface area contributed by atoms with Crippen molar-refractivity contribution in [1.82, 2.24) is 5.32 Å². The van der Waals surface area contributed by atoms with E-state index in [1.54, 1.807) is 14.2 Å². The van der Waals surface area contributed by atoms with Crippen LogP contribution in [0, 0.1) is 0 Å². The van der Waals surface area contributed by atoms with Crippen LogP contribution in [0.25, 0.3) is 0 Å². The number of benzene rings is 1. The third-order valence-electron chi connectivity index (χ3n) is 2.92. The SMILES string of the molecule is COC(CNCC1Cc2ccccc2O1)OC. The molecule has 0 fully saturated rings. The van der Waals surface area contributed by atoms with Crippen molar-refractivity contribution in [2.45, 2.75) is 18.8 Å². The van der Waals surface area contributed by atoms with Gasteiger partial charge < -0.3 is 19.5 Å². The van der Waals surface area contributed by atoms with Crippen molar-refractivity contribution >= 4 is 0 Å². The van der Waals surface area contributed by atoms with Crippen LogP contribution in [0.4, 0.5) is 0 Å². The van der Waals surface area contributed by atoms with Crippen LogP contribution in [-0.4, -0.2) is 39.7 Å². The number of ether oxygens (including phenoxy) is 3. The molecular formula is C13H19NO3. The molecule has 1 aromatic rings. The van der Waals surface area contributed by atoms with Gasteiger partial charge in [-0.05, 0) is 11.6 Å². The molecule has 17 heavy (non-hydrogen) atoms. The number of hydrogen-bond acceptors (Lipinski definition) is 4. The van der Waals surface area contributed by atoms with E-state index in [0.717, 1.165) is 18.7 Å². The number of fused-ring (bicyclic) bond motifs is 1. The lowest BCUT2D eigenvalue weighted by molar-refractivity contribution is -0.0991. The van der Waals surface area contributed by atoms with Crippen molar-refractivity contribution in [3.8, 4) is 5.75 Å². The lowest BCUT2D eigenvalue weighted by atomic mass is 10.1. The summed E-state index contributed by atoms with van der Waals surface area (Å²) in [7, 11) is 3.27. The summed E-state index contributed by atoms with van der Waals surface area (Å²) in [6, 6.07) is 8.18. The summed E-state index contributed by atoms with van der Waals surface area (Å²) in [5.41, 5.74) is 1.29. The van der Waals surface area contributed by atoms with Gasteiger partial charge in [-0.1, -0.05) is 18.2 Å². The first-order valence-electron chi connectivity index (χ1n) is 5.84. The van der Waals surface area contributed by atoms with E-state index in [-0.39, 0.29) is 12.4 Å². The Labute approximate surface area is 102 Å². The molecule has 0 saturated heterocycles. The predicted octanol–water partition coefficient (Wildman–Crippen LogP) is 1.20. The lowest BCUT2D eigenvalue weighted by Gasteiger charge is -2.16. The predicted molar refractivity (Wildman–Crippen MR) is 65.2 cm³/mol. The van der Waals surface area contributed by atoms with Gasteiger partial charge in [0.25, 0.3) is 0 Å². The fourth-order valence-electron chi connectivity index (χ4n) is 1.99. The number of hydrogen-bond donors (Lipinski definition) is 1. The molecule has 2 rings (SSSR count). The highest BCUT2D eigenvalue weighted by molar-refractivity contribution is 5.37. The first-order valence-corrected chi connectivity index (χ1v) is 5.84. The second-order valence-corrected chi connectivity index (χ2v) is 4.11. The van der Waals surface area contributed by atoms with Crippen molar-refractivity contribution in [2.24, 2.45) is 0 Å². The van der Waals surface area contributed by atoms with Crippen molar-refractivity contribution in [3.63, 3.8) is 0 Å². The first kappa shape index (κ1) is 12.4. The highest BCUT2D eigenvalue weighted by Crippen LogP contribution is 2.27. The molecule has 4 heteroatoms. The summed E-state index contributed by atoms with van der Waals surface area (Å²) in [6.45, 7) is 1.47. The topological polar surface area (TPSA) is 39.7 Å². The molecule has 94 valence electrons. The smallest absolute Gasteiger partial charge is 0.169 e. The molecule has 1 N–H and O–H groups in total. The van der Waals surface area contributed by atoms with Crippen LogP contribution < -0.4 is 10.1 Å². The van der Waals surface area contributed by atoms with Gasteiger partial charge >= 0.3 is 0 Å². The molecule has 1 unspecified atom stereocenters. The maximum absolute atomic E-state index is 5.81. The van der Waals surface area contributed by atoms with Crippen LogP contribution in [0.2, 0.25) is 0 Å². The summed E-state index contributed by atoms with van der Waals surface area (Å²) >= 11 is 0. The Morgan fingerprint density at radius 3 is 2.82 bits per heavy atom. The molecule has 0 amide bonds. The van der Waals surface area contributed by atoms with Crippen LogP contribution >= 0.6 is 0 Å². The Morgan fingerprint density at radius 2 is 2.12 bits per heavy atom. The molecule has 0 bridgehead atoms. The zero-order valence-electron chi connectivity index (χ0n) is 10.3. The highest BCUT2D eigenvalue weighted by Gasteiger charge is 2.21. The van der Waals surface area contributed by atoms with Crippen molar-refractivity contribution in [3.05, 3.63) is 29.8 Å². The number of methoxy groups -OCH3 is 2. The molecule has 0 saturated carbocycles. The van der Waals surface area contributed by atoms with Crippen LogP contribution in [0.15, 0.2) is 24.3 Å². The Morgan fingerprint density at radius 1 is 1.35 bits per heavy atom. The molecular weight excluding hydrogens is 218 g/mol. The highest BCUT2D eigenvalue weighted by atomic mass is 16.7. The minimum Gasteiger partial charge on any atom is -0.488 e. The molecule has 1 atom stereocenters. The van der Waals surface area contributed by atoms with Gasteiger partial charge in [0.2, 0.25) is 0 Å². The van der Waals surface area contributed by atoms with E-state index in [1.807, 2.05) is 18.2 Å². The molecule has 1 heterocycles. The summed E-state index contributed by atoms with van der Waals surface area (Å²) < 4.78 is 16.0. The lowest BCUT2D eigenvalue weighted by Crippen LogP contribution is -2.36. The van der Waals surface area contributed by atoms with Gasteiger partial charge in [-0.25, -0.2) is 0 Å². The summed E-state index contributed by atoms with van der Waals surface area (Å²) in [5, 5.41) is 3.29. The standard InChI is InChI=1S/C13H19NO3/c1-15-13(16-2)9-14-8-11-7-10-5-3-4-6-12(10)17-11/h3-6,11,13-14H,7-9H2,1-2H3. The summed E-state index contributed by atoms with van der Waals surface area (Å²) in [4.78, 5) is 0. The second kappa shape index (κ2) is 6.00. The van der Waals surface area contributed by atoms with Gasteiger partial charge in [0.15, 0.2) is 6.29 Å². The molecule has 4 nitrogen and oxygen atoms in total. The second-order valence-electron chi connectivity index (χ2n) is 4.11. The molecule has 1 aromatic carbocycles. The van der Waals surface area contributed by atoms with Gasteiger partial charge in [0, 0.05) is 33.7 Å². The molecule has 0 aliphatic carbocycles. The zero-order valence-corrected chi connectivity index (χ0v) is 10.3. The largest absolute Gasteiger partial charge is 0.488 e. The van der Waals surface area contributed by atoms with Crippen LogP contribution in [0.3, 0.4) is 0 Å². The van der Waals surface area contributed by atoms with E-state index >= 15 is 0 Å². The van der Waals surface area contributed by atoms with E-state index in [2.05, 4.69) is 11.4 Å². The van der Waals surface area contributed by atoms with E-state index in [0.29, 0.717) is 6.54 Å². The minimum atomic E-state index is -0.196. The maximum Gasteiger partial charge on any atom is 0.169 e. The first-order chi connectivity index (χ1) is 8.33. The van der Waals surface area contributed by atoms with Crippen molar-refractivity contribution in [2.75, 3.05) is 27.3 Å². The molecule has 0 spiro atoms. The van der Waals surface area contributed by atoms with Gasteiger partial charge in [0.05, 0.1) is 0 Å². The monoisotopic (exact) mass is 237 g/mol. The Hall–Kier alpha value is -1.10. The van der Waals surface area contributed by atoms with Crippen molar-refractivity contribution < 1.29 is 14.2 Å². The van der Waals surface area contributed by atoms with Crippen molar-refractivity contribution in [1.29, 1.82) is 0 Å². The van der Waals surface area contributed by atoms with Gasteiger partial charge in [-0.15, -0.1) is 0 Å². The summed E-state index contributed by atoms with van der Waals surface area (Å²) in [6.07, 6.45) is 0.980. The van der Waals surface area contributed by atoms with Gasteiger partial charge in [-0.2, -0.15) is 0 Å². The normalized spacial score (nSPS) is 18.2. The molecule has 1 aliphatic rings. The molecule has 0 aromatic heterocycles. The van der Waals surface area contributed by atoms with Gasteiger partial charge in [0.1, 0.15) is 11.9 Å².